The van der Waals surface area contributed by atoms with E-state index in [-0.39, 0.29) is 0 Å². The lowest BCUT2D eigenvalue weighted by Crippen LogP contribution is -2.16. The Labute approximate surface area is 139 Å². The normalized spacial score (nSPS) is 13.0. The zero-order valence-corrected chi connectivity index (χ0v) is 13.0. The quantitative estimate of drug-likeness (QED) is 0.790. The summed E-state index contributed by atoms with van der Waals surface area (Å²) < 4.78 is 0. The number of nitrogens with zero attached hydrogens (tertiary/aromatic N) is 4. The molecule has 2 aromatic carbocycles. The number of hydrogen-bond acceptors (Lipinski definition) is 5. The van der Waals surface area contributed by atoms with Crippen molar-refractivity contribution < 1.29 is 0 Å². The van der Waals surface area contributed by atoms with Crippen molar-refractivity contribution in [3.8, 4) is 0 Å². The Morgan fingerprint density at radius 1 is 1.04 bits per heavy atom. The summed E-state index contributed by atoms with van der Waals surface area (Å²) in [5.74, 6) is 1.21. The van der Waals surface area contributed by atoms with Crippen molar-refractivity contribution >= 4 is 34.7 Å². The van der Waals surface area contributed by atoms with Crippen LogP contribution in [0.25, 0.3) is 0 Å². The molecular weight excluding hydrogens is 310 g/mol. The highest BCUT2D eigenvalue weighted by molar-refractivity contribution is 6.33. The van der Waals surface area contributed by atoms with Crippen molar-refractivity contribution in [3.63, 3.8) is 0 Å². The molecule has 0 saturated heterocycles. The third-order valence-electron chi connectivity index (χ3n) is 3.83. The standard InChI is InChI=1S/C17H14ClN5/c18-13-6-2-3-7-14(13)20-17-21-16(11-19-22-17)23-10-9-12-5-1-4-8-15(12)23/h1-8,11H,9-10H2,(H,20,21,22). The summed E-state index contributed by atoms with van der Waals surface area (Å²) in [6.07, 6.45) is 2.69. The van der Waals surface area contributed by atoms with E-state index in [4.69, 9.17) is 11.6 Å². The molecule has 1 N–H and O–H groups in total. The maximum Gasteiger partial charge on any atom is 0.249 e. The third kappa shape index (κ3) is 2.71. The zero-order chi connectivity index (χ0) is 15.6. The largest absolute Gasteiger partial charge is 0.324 e. The second-order valence-corrected chi connectivity index (χ2v) is 5.68. The summed E-state index contributed by atoms with van der Waals surface area (Å²) in [7, 11) is 0. The molecule has 0 amide bonds. The molecule has 114 valence electrons. The van der Waals surface area contributed by atoms with Crippen molar-refractivity contribution in [1.29, 1.82) is 0 Å². The minimum atomic E-state index is 0.431. The molecule has 1 aromatic heterocycles. The average Bonchev–Trinajstić information content (AvgIpc) is 3.01. The molecule has 3 aromatic rings. The van der Waals surface area contributed by atoms with Gasteiger partial charge >= 0.3 is 0 Å². The molecule has 1 aliphatic rings. The van der Waals surface area contributed by atoms with E-state index in [1.165, 1.54) is 11.3 Å². The van der Waals surface area contributed by atoms with Crippen LogP contribution < -0.4 is 10.2 Å². The lowest BCUT2D eigenvalue weighted by atomic mass is 10.2. The molecular formula is C17H14ClN5. The fourth-order valence-electron chi connectivity index (χ4n) is 2.74. The number of aromatic nitrogens is 3. The van der Waals surface area contributed by atoms with Gasteiger partial charge in [0.1, 0.15) is 0 Å². The maximum absolute atomic E-state index is 6.16. The van der Waals surface area contributed by atoms with Crippen LogP contribution in [0.5, 0.6) is 0 Å². The van der Waals surface area contributed by atoms with Crippen molar-refractivity contribution in [2.24, 2.45) is 0 Å². The van der Waals surface area contributed by atoms with Gasteiger partial charge in [0.2, 0.25) is 5.95 Å². The van der Waals surface area contributed by atoms with Gasteiger partial charge in [-0.1, -0.05) is 41.9 Å². The van der Waals surface area contributed by atoms with Crippen LogP contribution >= 0.6 is 11.6 Å². The fourth-order valence-corrected chi connectivity index (χ4v) is 2.92. The molecule has 0 atom stereocenters. The van der Waals surface area contributed by atoms with Crippen molar-refractivity contribution in [2.75, 3.05) is 16.8 Å². The van der Waals surface area contributed by atoms with Crippen LogP contribution in [0, 0.1) is 0 Å². The molecule has 23 heavy (non-hydrogen) atoms. The van der Waals surface area contributed by atoms with E-state index in [9.17, 15) is 0 Å². The van der Waals surface area contributed by atoms with Gasteiger partial charge in [0.25, 0.3) is 0 Å². The van der Waals surface area contributed by atoms with Gasteiger partial charge in [0.15, 0.2) is 5.82 Å². The van der Waals surface area contributed by atoms with E-state index >= 15 is 0 Å². The molecule has 0 spiro atoms. The monoisotopic (exact) mass is 323 g/mol. The first-order valence-corrected chi connectivity index (χ1v) is 7.76. The first kappa shape index (κ1) is 14.0. The van der Waals surface area contributed by atoms with Gasteiger partial charge in [0, 0.05) is 12.2 Å². The molecule has 0 bridgehead atoms. The fraction of sp³-hybridized carbons (Fsp3) is 0.118. The maximum atomic E-state index is 6.16. The third-order valence-corrected chi connectivity index (χ3v) is 4.16. The highest BCUT2D eigenvalue weighted by atomic mass is 35.5. The van der Waals surface area contributed by atoms with Crippen molar-refractivity contribution in [1.82, 2.24) is 15.2 Å². The Bertz CT molecular complexity index is 852. The van der Waals surface area contributed by atoms with E-state index in [0.29, 0.717) is 11.0 Å². The highest BCUT2D eigenvalue weighted by Gasteiger charge is 2.21. The highest BCUT2D eigenvalue weighted by Crippen LogP contribution is 2.33. The summed E-state index contributed by atoms with van der Waals surface area (Å²) >= 11 is 6.16. The molecule has 0 aliphatic carbocycles. The van der Waals surface area contributed by atoms with Gasteiger partial charge in [-0.25, -0.2) is 0 Å². The molecule has 5 nitrogen and oxygen atoms in total. The van der Waals surface area contributed by atoms with Gasteiger partial charge in [-0.05, 0) is 30.2 Å². The molecule has 0 radical (unpaired) electrons. The SMILES string of the molecule is Clc1ccccc1Nc1nncc(N2CCc3ccccc32)n1. The molecule has 2 heterocycles. The number of anilines is 4. The minimum Gasteiger partial charge on any atom is -0.324 e. The Hall–Kier alpha value is -2.66. The number of hydrogen-bond donors (Lipinski definition) is 1. The number of nitrogens with one attached hydrogen (secondary N) is 1. The summed E-state index contributed by atoms with van der Waals surface area (Å²) in [6.45, 7) is 0.892. The Morgan fingerprint density at radius 3 is 2.78 bits per heavy atom. The molecule has 0 fully saturated rings. The number of halogens is 1. The smallest absolute Gasteiger partial charge is 0.249 e. The molecule has 0 unspecified atom stereocenters. The number of fused-ring (bicyclic) bond motifs is 1. The predicted octanol–water partition coefficient (Wildman–Crippen LogP) is 3.96. The van der Waals surface area contributed by atoms with Crippen LogP contribution in [0.3, 0.4) is 0 Å². The summed E-state index contributed by atoms with van der Waals surface area (Å²) in [4.78, 5) is 6.73. The van der Waals surface area contributed by atoms with Crippen LogP contribution in [0.2, 0.25) is 5.02 Å². The Morgan fingerprint density at radius 2 is 1.87 bits per heavy atom. The summed E-state index contributed by atoms with van der Waals surface area (Å²) in [5.41, 5.74) is 3.26. The van der Waals surface area contributed by atoms with Gasteiger partial charge < -0.3 is 10.2 Å². The van der Waals surface area contributed by atoms with E-state index in [1.807, 2.05) is 30.3 Å². The summed E-state index contributed by atoms with van der Waals surface area (Å²) in [5, 5.41) is 11.8. The van der Waals surface area contributed by atoms with E-state index in [1.54, 1.807) is 6.20 Å². The number of para-hydroxylation sites is 2. The van der Waals surface area contributed by atoms with E-state index in [0.717, 1.165) is 24.5 Å². The molecule has 6 heteroatoms. The van der Waals surface area contributed by atoms with E-state index in [2.05, 4.69) is 43.6 Å². The van der Waals surface area contributed by atoms with Crippen LogP contribution in [-0.2, 0) is 6.42 Å². The summed E-state index contributed by atoms with van der Waals surface area (Å²) in [6, 6.07) is 15.8. The van der Waals surface area contributed by atoms with Crippen LogP contribution in [0.15, 0.2) is 54.7 Å². The predicted molar refractivity (Wildman–Crippen MR) is 91.7 cm³/mol. The topological polar surface area (TPSA) is 53.9 Å². The molecule has 1 aliphatic heterocycles. The number of benzene rings is 2. The van der Waals surface area contributed by atoms with Crippen LogP contribution in [0.4, 0.5) is 23.1 Å². The average molecular weight is 324 g/mol. The van der Waals surface area contributed by atoms with Gasteiger partial charge in [-0.3, -0.25) is 0 Å². The number of rotatable bonds is 3. The minimum absolute atomic E-state index is 0.431. The second kappa shape index (κ2) is 5.85. The Kier molecular flexibility index (Phi) is 3.55. The lowest BCUT2D eigenvalue weighted by molar-refractivity contribution is 0.920. The van der Waals surface area contributed by atoms with Crippen LogP contribution in [0.1, 0.15) is 5.56 Å². The van der Waals surface area contributed by atoms with Crippen molar-refractivity contribution in [2.45, 2.75) is 6.42 Å². The first-order chi connectivity index (χ1) is 11.3. The Balaban J connectivity index is 1.64. The van der Waals surface area contributed by atoms with Gasteiger partial charge in [0.05, 0.1) is 16.9 Å². The second-order valence-electron chi connectivity index (χ2n) is 5.27. The molecule has 4 rings (SSSR count). The van der Waals surface area contributed by atoms with Gasteiger partial charge in [-0.15, -0.1) is 5.10 Å². The molecule has 0 saturated carbocycles. The lowest BCUT2D eigenvalue weighted by Gasteiger charge is -2.18. The van der Waals surface area contributed by atoms with E-state index < -0.39 is 0 Å². The van der Waals surface area contributed by atoms with Crippen molar-refractivity contribution in [3.05, 3.63) is 65.3 Å². The first-order valence-electron chi connectivity index (χ1n) is 7.38. The zero-order valence-electron chi connectivity index (χ0n) is 12.3. The van der Waals surface area contributed by atoms with Crippen LogP contribution in [-0.4, -0.2) is 21.7 Å². The van der Waals surface area contributed by atoms with Gasteiger partial charge in [-0.2, -0.15) is 10.1 Å².